The van der Waals surface area contributed by atoms with Crippen LogP contribution in [0.25, 0.3) is 11.3 Å². The van der Waals surface area contributed by atoms with E-state index in [0.29, 0.717) is 16.5 Å². The number of amides is 1. The SMILES string of the molecule is Cc1cccc(C)c1-c1nc(NS(=O)(=O)c2cccc(N3CCC(NC(=O)OC(C)(C)C)(C(=O)O)CC3)n2)ccc1Cl. The number of alkyl carbamates (subject to hydrolysis) is 1. The number of sulfonamides is 1. The molecular weight excluding hydrogens is 582 g/mol. The summed E-state index contributed by atoms with van der Waals surface area (Å²) in [5.41, 5.74) is 0.896. The average Bonchev–Trinajstić information content (AvgIpc) is 2.89. The average molecular weight is 616 g/mol. The Labute approximate surface area is 250 Å². The van der Waals surface area contributed by atoms with Gasteiger partial charge in [-0.25, -0.2) is 19.6 Å². The zero-order chi connectivity index (χ0) is 30.9. The molecule has 0 saturated carbocycles. The number of anilines is 2. The lowest BCUT2D eigenvalue weighted by Crippen LogP contribution is -2.60. The molecule has 1 fully saturated rings. The van der Waals surface area contributed by atoms with E-state index in [1.165, 1.54) is 12.1 Å². The third-order valence-electron chi connectivity index (χ3n) is 6.88. The van der Waals surface area contributed by atoms with Crippen molar-refractivity contribution in [3.05, 3.63) is 64.7 Å². The molecule has 13 heteroatoms. The second-order valence-electron chi connectivity index (χ2n) is 11.2. The van der Waals surface area contributed by atoms with E-state index in [9.17, 15) is 23.1 Å². The highest BCUT2D eigenvalue weighted by Crippen LogP contribution is 2.33. The largest absolute Gasteiger partial charge is 0.480 e. The fourth-order valence-electron chi connectivity index (χ4n) is 4.79. The van der Waals surface area contributed by atoms with Crippen molar-refractivity contribution in [1.29, 1.82) is 0 Å². The van der Waals surface area contributed by atoms with Crippen LogP contribution >= 0.6 is 11.6 Å². The van der Waals surface area contributed by atoms with E-state index < -0.39 is 33.2 Å². The molecular formula is C29H34ClN5O6S. The standard InChI is InChI=1S/C29H34ClN5O6S/c1-18-8-6-9-19(2)24(18)25-20(30)12-13-21(31-25)34-42(39,40)23-11-7-10-22(32-23)35-16-14-29(15-17-35,26(36)37)33-27(38)41-28(3,4)5/h6-13H,14-17H2,1-5H3,(H,31,34)(H,33,38)(H,36,37). The van der Waals surface area contributed by atoms with Gasteiger partial charge in [-0.1, -0.05) is 35.9 Å². The van der Waals surface area contributed by atoms with Gasteiger partial charge in [-0.3, -0.25) is 4.72 Å². The maximum atomic E-state index is 13.3. The van der Waals surface area contributed by atoms with Crippen LogP contribution in [0.5, 0.6) is 0 Å². The fourth-order valence-corrected chi connectivity index (χ4v) is 5.96. The number of aryl methyl sites for hydroxylation is 2. The third-order valence-corrected chi connectivity index (χ3v) is 8.44. The van der Waals surface area contributed by atoms with Crippen molar-refractivity contribution in [2.24, 2.45) is 0 Å². The van der Waals surface area contributed by atoms with Gasteiger partial charge in [-0.15, -0.1) is 0 Å². The van der Waals surface area contributed by atoms with Gasteiger partial charge in [0.2, 0.25) is 0 Å². The molecule has 0 bridgehead atoms. The van der Waals surface area contributed by atoms with Crippen molar-refractivity contribution >= 4 is 45.3 Å². The van der Waals surface area contributed by atoms with Crippen molar-refractivity contribution in [2.75, 3.05) is 22.7 Å². The number of halogens is 1. The quantitative estimate of drug-likeness (QED) is 0.327. The molecule has 0 radical (unpaired) electrons. The molecule has 1 amide bonds. The normalized spacial score (nSPS) is 15.1. The van der Waals surface area contributed by atoms with E-state index in [0.717, 1.165) is 16.7 Å². The maximum Gasteiger partial charge on any atom is 0.408 e. The smallest absolute Gasteiger partial charge is 0.408 e. The number of rotatable bonds is 7. The number of nitrogens with zero attached hydrogens (tertiary/aromatic N) is 3. The number of aromatic nitrogens is 2. The van der Waals surface area contributed by atoms with E-state index in [1.54, 1.807) is 43.9 Å². The molecule has 2 aromatic heterocycles. The van der Waals surface area contributed by atoms with Gasteiger partial charge in [-0.05, 0) is 82.9 Å². The van der Waals surface area contributed by atoms with Gasteiger partial charge in [0.25, 0.3) is 10.0 Å². The lowest BCUT2D eigenvalue weighted by atomic mass is 9.87. The number of carbonyl (C=O) groups excluding carboxylic acids is 1. The first-order valence-electron chi connectivity index (χ1n) is 13.3. The Bertz CT molecular complexity index is 1590. The van der Waals surface area contributed by atoms with Crippen LogP contribution in [0.1, 0.15) is 44.7 Å². The number of carboxylic acid groups (broad SMARTS) is 1. The maximum absolute atomic E-state index is 13.3. The minimum Gasteiger partial charge on any atom is -0.480 e. The topological polar surface area (TPSA) is 151 Å². The summed E-state index contributed by atoms with van der Waals surface area (Å²) in [5, 5.41) is 12.6. The van der Waals surface area contributed by atoms with E-state index in [4.69, 9.17) is 16.3 Å². The number of carbonyl (C=O) groups is 2. The first kappa shape index (κ1) is 31.0. The van der Waals surface area contributed by atoms with Crippen molar-refractivity contribution in [1.82, 2.24) is 15.3 Å². The van der Waals surface area contributed by atoms with Crippen molar-refractivity contribution in [3.63, 3.8) is 0 Å². The summed E-state index contributed by atoms with van der Waals surface area (Å²) in [6, 6.07) is 13.4. The van der Waals surface area contributed by atoms with Crippen molar-refractivity contribution in [2.45, 2.75) is 63.6 Å². The second kappa shape index (κ2) is 11.8. The molecule has 0 atom stereocenters. The Balaban J connectivity index is 1.52. The highest BCUT2D eigenvalue weighted by Gasteiger charge is 2.44. The Kier molecular flexibility index (Phi) is 8.70. The number of piperidine rings is 1. The van der Waals surface area contributed by atoms with E-state index in [-0.39, 0.29) is 36.8 Å². The molecule has 42 heavy (non-hydrogen) atoms. The monoisotopic (exact) mass is 615 g/mol. The van der Waals surface area contributed by atoms with Gasteiger partial charge >= 0.3 is 12.1 Å². The first-order chi connectivity index (χ1) is 19.6. The lowest BCUT2D eigenvalue weighted by Gasteiger charge is -2.39. The molecule has 3 aromatic rings. The summed E-state index contributed by atoms with van der Waals surface area (Å²) in [6.45, 7) is 9.36. The zero-order valence-corrected chi connectivity index (χ0v) is 25.6. The molecule has 224 valence electrons. The van der Waals surface area contributed by atoms with Crippen LogP contribution in [0.2, 0.25) is 5.02 Å². The van der Waals surface area contributed by atoms with E-state index in [2.05, 4.69) is 20.0 Å². The number of carboxylic acids is 1. The molecule has 4 rings (SSSR count). The Hall–Kier alpha value is -3.90. The fraction of sp³-hybridized carbons (Fsp3) is 0.379. The Morgan fingerprint density at radius 2 is 1.62 bits per heavy atom. The zero-order valence-electron chi connectivity index (χ0n) is 24.1. The third kappa shape index (κ3) is 6.93. The summed E-state index contributed by atoms with van der Waals surface area (Å²) in [6.07, 6.45) is -0.685. The number of hydrogen-bond acceptors (Lipinski definition) is 8. The van der Waals surface area contributed by atoms with Crippen molar-refractivity contribution in [3.8, 4) is 11.3 Å². The number of hydrogen-bond donors (Lipinski definition) is 3. The van der Waals surface area contributed by atoms with Crippen LogP contribution < -0.4 is 14.9 Å². The van der Waals surface area contributed by atoms with Gasteiger partial charge in [0.15, 0.2) is 5.03 Å². The molecule has 3 heterocycles. The lowest BCUT2D eigenvalue weighted by molar-refractivity contribution is -0.145. The molecule has 1 saturated heterocycles. The van der Waals surface area contributed by atoms with Crippen LogP contribution in [0.4, 0.5) is 16.4 Å². The molecule has 11 nitrogen and oxygen atoms in total. The number of pyridine rings is 2. The molecule has 1 aliphatic heterocycles. The van der Waals surface area contributed by atoms with Crippen molar-refractivity contribution < 1.29 is 27.9 Å². The molecule has 0 spiro atoms. The second-order valence-corrected chi connectivity index (χ2v) is 13.3. The summed E-state index contributed by atoms with van der Waals surface area (Å²) >= 11 is 6.44. The highest BCUT2D eigenvalue weighted by atomic mass is 35.5. The van der Waals surface area contributed by atoms with E-state index >= 15 is 0 Å². The predicted octanol–water partition coefficient (Wildman–Crippen LogP) is 5.16. The molecule has 1 aliphatic rings. The molecule has 0 aliphatic carbocycles. The molecule has 0 unspecified atom stereocenters. The summed E-state index contributed by atoms with van der Waals surface area (Å²) in [5.74, 6) is -0.728. The van der Waals surface area contributed by atoms with Crippen LogP contribution in [0.3, 0.4) is 0 Å². The van der Waals surface area contributed by atoms with Crippen LogP contribution in [-0.4, -0.2) is 59.8 Å². The first-order valence-corrected chi connectivity index (χ1v) is 15.2. The summed E-state index contributed by atoms with van der Waals surface area (Å²) in [4.78, 5) is 35.1. The van der Waals surface area contributed by atoms with Gasteiger partial charge < -0.3 is 20.1 Å². The van der Waals surface area contributed by atoms with Gasteiger partial charge in [0.05, 0.1) is 10.7 Å². The van der Waals surface area contributed by atoms with E-state index in [1.807, 2.05) is 32.0 Å². The summed E-state index contributed by atoms with van der Waals surface area (Å²) in [7, 11) is -4.14. The number of nitrogens with one attached hydrogen (secondary N) is 2. The number of ether oxygens (including phenoxy) is 1. The number of aliphatic carboxylic acids is 1. The number of benzene rings is 1. The Morgan fingerprint density at radius 1 is 1.00 bits per heavy atom. The minimum atomic E-state index is -4.14. The highest BCUT2D eigenvalue weighted by molar-refractivity contribution is 7.92. The Morgan fingerprint density at radius 3 is 2.21 bits per heavy atom. The van der Waals surface area contributed by atoms with Crippen LogP contribution in [0, 0.1) is 13.8 Å². The van der Waals surface area contributed by atoms with Crippen LogP contribution in [-0.2, 0) is 19.6 Å². The van der Waals surface area contributed by atoms with Gasteiger partial charge in [0, 0.05) is 18.7 Å². The molecule has 3 N–H and O–H groups in total. The van der Waals surface area contributed by atoms with Gasteiger partial charge in [-0.2, -0.15) is 8.42 Å². The van der Waals surface area contributed by atoms with Crippen LogP contribution in [0.15, 0.2) is 53.6 Å². The predicted molar refractivity (Wildman–Crippen MR) is 160 cm³/mol. The molecule has 1 aromatic carbocycles. The summed E-state index contributed by atoms with van der Waals surface area (Å²) < 4.78 is 34.4. The minimum absolute atomic E-state index is 0.0638. The van der Waals surface area contributed by atoms with Gasteiger partial charge in [0.1, 0.15) is 22.8 Å².